The quantitative estimate of drug-likeness (QED) is 0.729. The zero-order valence-electron chi connectivity index (χ0n) is 12.2. The first-order valence-electron chi connectivity index (χ1n) is 7.06. The fourth-order valence-electron chi connectivity index (χ4n) is 2.10. The molecule has 3 aromatic rings. The summed E-state index contributed by atoms with van der Waals surface area (Å²) in [5.41, 5.74) is 1.96. The number of benzene rings is 2. The molecule has 0 aliphatic carbocycles. The van der Waals surface area contributed by atoms with E-state index in [1.165, 1.54) is 0 Å². The molecular weight excluding hydrogens is 310 g/mol. The predicted molar refractivity (Wildman–Crippen MR) is 93.4 cm³/mol. The van der Waals surface area contributed by atoms with Crippen LogP contribution in [0.5, 0.6) is 0 Å². The topological polar surface area (TPSA) is 54.0 Å². The van der Waals surface area contributed by atoms with E-state index >= 15 is 0 Å². The van der Waals surface area contributed by atoms with Gasteiger partial charge in [0.25, 0.3) is 5.91 Å². The largest absolute Gasteiger partial charge is 0.340 e. The SMILES string of the molecule is O=C(Nc1ccccc1)c1ccccc1Nc1ccc(Cl)cn1. The van der Waals surface area contributed by atoms with E-state index < -0.39 is 0 Å². The Morgan fingerprint density at radius 2 is 1.65 bits per heavy atom. The molecule has 4 nitrogen and oxygen atoms in total. The van der Waals surface area contributed by atoms with Gasteiger partial charge in [-0.3, -0.25) is 4.79 Å². The highest BCUT2D eigenvalue weighted by molar-refractivity contribution is 6.30. The summed E-state index contributed by atoms with van der Waals surface area (Å²) in [5.74, 6) is 0.433. The van der Waals surface area contributed by atoms with Crippen LogP contribution in [0.4, 0.5) is 17.2 Å². The van der Waals surface area contributed by atoms with Gasteiger partial charge in [-0.25, -0.2) is 4.98 Å². The van der Waals surface area contributed by atoms with Crippen molar-refractivity contribution < 1.29 is 4.79 Å². The minimum atomic E-state index is -0.187. The second-order valence-electron chi connectivity index (χ2n) is 4.85. The van der Waals surface area contributed by atoms with Crippen LogP contribution in [0.1, 0.15) is 10.4 Å². The van der Waals surface area contributed by atoms with Gasteiger partial charge in [-0.15, -0.1) is 0 Å². The lowest BCUT2D eigenvalue weighted by atomic mass is 10.1. The van der Waals surface area contributed by atoms with E-state index in [1.807, 2.05) is 48.5 Å². The number of anilines is 3. The Hall–Kier alpha value is -2.85. The summed E-state index contributed by atoms with van der Waals surface area (Å²) in [6.45, 7) is 0. The second-order valence-corrected chi connectivity index (χ2v) is 5.29. The van der Waals surface area contributed by atoms with E-state index in [4.69, 9.17) is 11.6 Å². The molecule has 5 heteroatoms. The minimum Gasteiger partial charge on any atom is -0.340 e. The monoisotopic (exact) mass is 323 g/mol. The average Bonchev–Trinajstić information content (AvgIpc) is 2.58. The highest BCUT2D eigenvalue weighted by Crippen LogP contribution is 2.21. The summed E-state index contributed by atoms with van der Waals surface area (Å²) in [6, 6.07) is 20.1. The molecule has 0 bridgehead atoms. The Bertz CT molecular complexity index is 804. The number of nitrogens with one attached hydrogen (secondary N) is 2. The summed E-state index contributed by atoms with van der Waals surface area (Å²) in [6.07, 6.45) is 1.55. The highest BCUT2D eigenvalue weighted by atomic mass is 35.5. The van der Waals surface area contributed by atoms with Crippen molar-refractivity contribution in [2.45, 2.75) is 0 Å². The summed E-state index contributed by atoms with van der Waals surface area (Å²) >= 11 is 5.83. The molecule has 1 amide bonds. The summed E-state index contributed by atoms with van der Waals surface area (Å²) in [5, 5.41) is 6.57. The summed E-state index contributed by atoms with van der Waals surface area (Å²) in [4.78, 5) is 16.7. The number of amides is 1. The molecule has 0 saturated carbocycles. The third kappa shape index (κ3) is 3.87. The molecule has 0 atom stereocenters. The van der Waals surface area contributed by atoms with Crippen molar-refractivity contribution >= 4 is 34.7 Å². The number of hydrogen-bond donors (Lipinski definition) is 2. The first kappa shape index (κ1) is 15.1. The number of nitrogens with zero attached hydrogens (tertiary/aromatic N) is 1. The molecule has 1 aromatic heterocycles. The maximum Gasteiger partial charge on any atom is 0.257 e. The van der Waals surface area contributed by atoms with E-state index in [1.54, 1.807) is 24.4 Å². The van der Waals surface area contributed by atoms with Crippen LogP contribution >= 0.6 is 11.6 Å². The van der Waals surface area contributed by atoms with E-state index in [-0.39, 0.29) is 5.91 Å². The molecule has 3 rings (SSSR count). The number of carbonyl (C=O) groups excluding carboxylic acids is 1. The van der Waals surface area contributed by atoms with Crippen LogP contribution < -0.4 is 10.6 Å². The highest BCUT2D eigenvalue weighted by Gasteiger charge is 2.11. The average molecular weight is 324 g/mol. The Balaban J connectivity index is 1.82. The van der Waals surface area contributed by atoms with Gasteiger partial charge in [0, 0.05) is 11.9 Å². The lowest BCUT2D eigenvalue weighted by Crippen LogP contribution is -2.13. The molecular formula is C18H14ClN3O. The molecule has 0 fully saturated rings. The fourth-order valence-corrected chi connectivity index (χ4v) is 2.21. The van der Waals surface area contributed by atoms with Gasteiger partial charge in [0.05, 0.1) is 16.3 Å². The minimum absolute atomic E-state index is 0.187. The molecule has 0 radical (unpaired) electrons. The van der Waals surface area contributed by atoms with E-state index in [2.05, 4.69) is 15.6 Å². The molecule has 2 N–H and O–H groups in total. The third-order valence-electron chi connectivity index (χ3n) is 3.19. The van der Waals surface area contributed by atoms with Crippen molar-refractivity contribution in [3.05, 3.63) is 83.5 Å². The molecule has 1 heterocycles. The Morgan fingerprint density at radius 3 is 2.39 bits per heavy atom. The standard InChI is InChI=1S/C18H14ClN3O/c19-13-10-11-17(20-12-13)22-16-9-5-4-8-15(16)18(23)21-14-6-2-1-3-7-14/h1-12H,(H,20,22)(H,21,23). The van der Waals surface area contributed by atoms with Gasteiger partial charge < -0.3 is 10.6 Å². The third-order valence-corrected chi connectivity index (χ3v) is 3.42. The maximum absolute atomic E-state index is 12.5. The number of hydrogen-bond acceptors (Lipinski definition) is 3. The van der Waals surface area contributed by atoms with Crippen molar-refractivity contribution in [2.24, 2.45) is 0 Å². The van der Waals surface area contributed by atoms with Gasteiger partial charge in [0.1, 0.15) is 5.82 Å². The Labute approximate surface area is 139 Å². The van der Waals surface area contributed by atoms with Gasteiger partial charge >= 0.3 is 0 Å². The molecule has 0 aliphatic heterocycles. The van der Waals surface area contributed by atoms with Crippen LogP contribution in [-0.4, -0.2) is 10.9 Å². The molecule has 0 saturated heterocycles. The Kier molecular flexibility index (Phi) is 4.54. The molecule has 0 aliphatic rings. The number of para-hydroxylation sites is 2. The van der Waals surface area contributed by atoms with Crippen molar-refractivity contribution in [1.82, 2.24) is 4.98 Å². The van der Waals surface area contributed by atoms with E-state index in [9.17, 15) is 4.79 Å². The first-order chi connectivity index (χ1) is 11.2. The molecule has 2 aromatic carbocycles. The van der Waals surface area contributed by atoms with Crippen LogP contribution in [0.15, 0.2) is 72.9 Å². The van der Waals surface area contributed by atoms with Gasteiger partial charge in [0.15, 0.2) is 0 Å². The number of rotatable bonds is 4. The van der Waals surface area contributed by atoms with Crippen LogP contribution in [-0.2, 0) is 0 Å². The van der Waals surface area contributed by atoms with Crippen LogP contribution in [0.3, 0.4) is 0 Å². The van der Waals surface area contributed by atoms with Crippen LogP contribution in [0, 0.1) is 0 Å². The molecule has 23 heavy (non-hydrogen) atoms. The predicted octanol–water partition coefficient (Wildman–Crippen LogP) is 4.73. The first-order valence-corrected chi connectivity index (χ1v) is 7.44. The maximum atomic E-state index is 12.5. The number of pyridine rings is 1. The molecule has 0 unspecified atom stereocenters. The van der Waals surface area contributed by atoms with Gasteiger partial charge in [-0.05, 0) is 36.4 Å². The fraction of sp³-hybridized carbons (Fsp3) is 0. The number of aromatic nitrogens is 1. The van der Waals surface area contributed by atoms with Gasteiger partial charge in [-0.2, -0.15) is 0 Å². The lowest BCUT2D eigenvalue weighted by molar-refractivity contribution is 0.102. The number of halogens is 1. The summed E-state index contributed by atoms with van der Waals surface area (Å²) in [7, 11) is 0. The smallest absolute Gasteiger partial charge is 0.257 e. The number of carbonyl (C=O) groups is 1. The van der Waals surface area contributed by atoms with Crippen molar-refractivity contribution in [1.29, 1.82) is 0 Å². The van der Waals surface area contributed by atoms with Gasteiger partial charge in [-0.1, -0.05) is 41.9 Å². The molecule has 0 spiro atoms. The summed E-state index contributed by atoms with van der Waals surface area (Å²) < 4.78 is 0. The van der Waals surface area contributed by atoms with Gasteiger partial charge in [0.2, 0.25) is 0 Å². The van der Waals surface area contributed by atoms with Crippen molar-refractivity contribution in [2.75, 3.05) is 10.6 Å². The normalized spacial score (nSPS) is 10.1. The zero-order valence-corrected chi connectivity index (χ0v) is 12.9. The zero-order chi connectivity index (χ0) is 16.1. The van der Waals surface area contributed by atoms with E-state index in [0.717, 1.165) is 5.69 Å². The van der Waals surface area contributed by atoms with E-state index in [0.29, 0.717) is 22.1 Å². The van der Waals surface area contributed by atoms with Crippen molar-refractivity contribution in [3.63, 3.8) is 0 Å². The van der Waals surface area contributed by atoms with Crippen LogP contribution in [0.25, 0.3) is 0 Å². The second kappa shape index (κ2) is 6.94. The molecule has 114 valence electrons. The van der Waals surface area contributed by atoms with Crippen molar-refractivity contribution in [3.8, 4) is 0 Å². The lowest BCUT2D eigenvalue weighted by Gasteiger charge is -2.11. The Morgan fingerprint density at radius 1 is 0.913 bits per heavy atom. The van der Waals surface area contributed by atoms with Crippen LogP contribution in [0.2, 0.25) is 5.02 Å².